The van der Waals surface area contributed by atoms with Crippen LogP contribution in [0.2, 0.25) is 0 Å². The van der Waals surface area contributed by atoms with E-state index in [9.17, 15) is 9.59 Å². The smallest absolute Gasteiger partial charge is 0.312 e. The molecule has 0 aliphatic carbocycles. The van der Waals surface area contributed by atoms with Gasteiger partial charge in [-0.2, -0.15) is 0 Å². The number of carbonyl (C=O) groups excluding carboxylic acids is 2. The minimum absolute atomic E-state index is 0. The zero-order valence-corrected chi connectivity index (χ0v) is 14.2. The van der Waals surface area contributed by atoms with Crippen LogP contribution in [0.15, 0.2) is 24.3 Å². The highest BCUT2D eigenvalue weighted by Crippen LogP contribution is 2.26. The van der Waals surface area contributed by atoms with Crippen molar-refractivity contribution in [3.8, 4) is 0 Å². The zero-order valence-electron chi connectivity index (χ0n) is 13.4. The van der Waals surface area contributed by atoms with Crippen molar-refractivity contribution in [3.05, 3.63) is 35.4 Å². The van der Waals surface area contributed by atoms with Crippen LogP contribution < -0.4 is 21.7 Å². The monoisotopic (exact) mass is 340 g/mol. The number of carbonyl (C=O) groups is 2. The molecule has 0 radical (unpaired) electrons. The highest BCUT2D eigenvalue weighted by atomic mass is 35.5. The maximum absolute atomic E-state index is 12.2. The fourth-order valence-corrected chi connectivity index (χ4v) is 2.57. The number of nitrogens with two attached hydrogens (primary N) is 1. The minimum Gasteiger partial charge on any atom is -0.352 e. The summed E-state index contributed by atoms with van der Waals surface area (Å²) in [5.74, 6) is -0.0610. The number of nitrogens with one attached hydrogen (secondary N) is 3. The molecule has 0 unspecified atom stereocenters. The molecule has 6 nitrogen and oxygen atoms in total. The molecule has 1 heterocycles. The van der Waals surface area contributed by atoms with E-state index in [-0.39, 0.29) is 23.7 Å². The van der Waals surface area contributed by atoms with E-state index in [0.29, 0.717) is 18.7 Å². The molecule has 7 heteroatoms. The van der Waals surface area contributed by atoms with Crippen molar-refractivity contribution in [3.63, 3.8) is 0 Å². The Kier molecular flexibility index (Phi) is 7.32. The first-order chi connectivity index (χ1) is 10.5. The topological polar surface area (TPSA) is 96.2 Å². The molecular formula is C16H25ClN4O2. The van der Waals surface area contributed by atoms with Crippen molar-refractivity contribution in [2.75, 3.05) is 19.6 Å². The van der Waals surface area contributed by atoms with E-state index in [1.165, 1.54) is 0 Å². The summed E-state index contributed by atoms with van der Waals surface area (Å²) < 4.78 is 0. The van der Waals surface area contributed by atoms with Crippen molar-refractivity contribution in [1.82, 2.24) is 16.0 Å². The number of rotatable bonds is 5. The summed E-state index contributed by atoms with van der Waals surface area (Å²) in [7, 11) is 0. The van der Waals surface area contributed by atoms with Crippen molar-refractivity contribution >= 4 is 24.3 Å². The van der Waals surface area contributed by atoms with E-state index < -0.39 is 6.03 Å². The molecule has 1 aliphatic rings. The highest BCUT2D eigenvalue weighted by molar-refractivity contribution is 5.94. The Morgan fingerprint density at radius 3 is 2.35 bits per heavy atom. The summed E-state index contributed by atoms with van der Waals surface area (Å²) in [6.07, 6.45) is 2.15. The van der Waals surface area contributed by atoms with E-state index in [1.54, 1.807) is 12.1 Å². The van der Waals surface area contributed by atoms with Gasteiger partial charge in [-0.25, -0.2) is 4.79 Å². The van der Waals surface area contributed by atoms with Crippen molar-refractivity contribution in [2.45, 2.75) is 26.3 Å². The van der Waals surface area contributed by atoms with Gasteiger partial charge in [0.1, 0.15) is 0 Å². The standard InChI is InChI=1S/C16H24N4O2.ClH/c1-16(6-8-18-9-7-16)11-20-14(21)13-4-2-12(3-5-13)10-19-15(17)22;/h2-5,18H,6-11H2,1H3,(H,20,21)(H3,17,19,22);1H. The van der Waals surface area contributed by atoms with Crippen LogP contribution in [0.25, 0.3) is 0 Å². The molecule has 1 aliphatic heterocycles. The van der Waals surface area contributed by atoms with E-state index in [2.05, 4.69) is 22.9 Å². The maximum atomic E-state index is 12.2. The number of halogens is 1. The molecule has 2 rings (SSSR count). The van der Waals surface area contributed by atoms with Crippen LogP contribution in [0.3, 0.4) is 0 Å². The fraction of sp³-hybridized carbons (Fsp3) is 0.500. The summed E-state index contributed by atoms with van der Waals surface area (Å²) in [6, 6.07) is 6.60. The van der Waals surface area contributed by atoms with Gasteiger partial charge < -0.3 is 21.7 Å². The number of urea groups is 1. The lowest BCUT2D eigenvalue weighted by atomic mass is 9.81. The first-order valence-electron chi connectivity index (χ1n) is 7.60. The van der Waals surface area contributed by atoms with Crippen LogP contribution in [-0.4, -0.2) is 31.6 Å². The molecule has 0 atom stereocenters. The molecule has 1 aromatic rings. The lowest BCUT2D eigenvalue weighted by molar-refractivity contribution is 0.0922. The zero-order chi connectivity index (χ0) is 16.0. The molecule has 0 aromatic heterocycles. The summed E-state index contributed by atoms with van der Waals surface area (Å²) in [4.78, 5) is 22.8. The number of hydrogen-bond donors (Lipinski definition) is 4. The molecule has 0 spiro atoms. The SMILES string of the molecule is CC1(CNC(=O)c2ccc(CNC(N)=O)cc2)CCNCC1.Cl. The molecular weight excluding hydrogens is 316 g/mol. The number of hydrogen-bond acceptors (Lipinski definition) is 3. The molecule has 3 amide bonds. The third-order valence-corrected chi connectivity index (χ3v) is 4.17. The molecule has 1 saturated heterocycles. The molecule has 1 fully saturated rings. The summed E-state index contributed by atoms with van der Waals surface area (Å²) in [5.41, 5.74) is 6.72. The van der Waals surface area contributed by atoms with Gasteiger partial charge in [0.2, 0.25) is 0 Å². The lowest BCUT2D eigenvalue weighted by Gasteiger charge is -2.34. The van der Waals surface area contributed by atoms with Gasteiger partial charge in [-0.1, -0.05) is 19.1 Å². The number of primary amides is 1. The number of benzene rings is 1. The second kappa shape index (κ2) is 8.74. The van der Waals surface area contributed by atoms with Crippen molar-refractivity contribution in [2.24, 2.45) is 11.1 Å². The van der Waals surface area contributed by atoms with Crippen LogP contribution in [0.1, 0.15) is 35.7 Å². The quantitative estimate of drug-likeness (QED) is 0.652. The predicted octanol–water partition coefficient (Wildman–Crippen LogP) is 1.40. The first kappa shape index (κ1) is 19.3. The average molecular weight is 341 g/mol. The van der Waals surface area contributed by atoms with E-state index in [0.717, 1.165) is 31.5 Å². The van der Waals surface area contributed by atoms with Gasteiger partial charge in [0.25, 0.3) is 5.91 Å². The van der Waals surface area contributed by atoms with Gasteiger partial charge in [-0.05, 0) is 49.0 Å². The molecule has 23 heavy (non-hydrogen) atoms. The van der Waals surface area contributed by atoms with Crippen LogP contribution in [0.5, 0.6) is 0 Å². The van der Waals surface area contributed by atoms with Crippen LogP contribution >= 0.6 is 12.4 Å². The van der Waals surface area contributed by atoms with Gasteiger partial charge in [-0.3, -0.25) is 4.79 Å². The lowest BCUT2D eigenvalue weighted by Crippen LogP contribution is -2.42. The Balaban J connectivity index is 0.00000264. The van der Waals surface area contributed by atoms with Crippen LogP contribution in [0.4, 0.5) is 4.79 Å². The Morgan fingerprint density at radius 2 is 1.78 bits per heavy atom. The van der Waals surface area contributed by atoms with E-state index in [1.807, 2.05) is 12.1 Å². The second-order valence-electron chi connectivity index (χ2n) is 6.16. The summed E-state index contributed by atoms with van der Waals surface area (Å²) >= 11 is 0. The van der Waals surface area contributed by atoms with E-state index >= 15 is 0 Å². The Labute approximate surface area is 143 Å². The Hall–Kier alpha value is -1.79. The third-order valence-electron chi connectivity index (χ3n) is 4.17. The van der Waals surface area contributed by atoms with Crippen molar-refractivity contribution < 1.29 is 9.59 Å². The van der Waals surface area contributed by atoms with Crippen molar-refractivity contribution in [1.29, 1.82) is 0 Å². The summed E-state index contributed by atoms with van der Waals surface area (Å²) in [5, 5.41) is 8.87. The Morgan fingerprint density at radius 1 is 1.17 bits per heavy atom. The normalized spacial score (nSPS) is 16.0. The molecule has 0 bridgehead atoms. The third kappa shape index (κ3) is 6.08. The number of piperidine rings is 1. The Bertz CT molecular complexity index is 527. The maximum Gasteiger partial charge on any atom is 0.312 e. The van der Waals surface area contributed by atoms with Gasteiger partial charge in [0.15, 0.2) is 0 Å². The fourth-order valence-electron chi connectivity index (χ4n) is 2.57. The van der Waals surface area contributed by atoms with Crippen LogP contribution in [-0.2, 0) is 6.54 Å². The second-order valence-corrected chi connectivity index (χ2v) is 6.16. The van der Waals surface area contributed by atoms with E-state index in [4.69, 9.17) is 5.73 Å². The highest BCUT2D eigenvalue weighted by Gasteiger charge is 2.27. The van der Waals surface area contributed by atoms with Gasteiger partial charge >= 0.3 is 6.03 Å². The van der Waals surface area contributed by atoms with Gasteiger partial charge in [0, 0.05) is 18.7 Å². The molecule has 0 saturated carbocycles. The molecule has 128 valence electrons. The predicted molar refractivity (Wildman–Crippen MR) is 92.7 cm³/mol. The summed E-state index contributed by atoms with van der Waals surface area (Å²) in [6.45, 7) is 5.29. The van der Waals surface area contributed by atoms with Gasteiger partial charge in [-0.15, -0.1) is 12.4 Å². The first-order valence-corrected chi connectivity index (χ1v) is 7.60. The number of amides is 3. The molecule has 1 aromatic carbocycles. The molecule has 5 N–H and O–H groups in total. The average Bonchev–Trinajstić information content (AvgIpc) is 2.52. The minimum atomic E-state index is -0.558. The van der Waals surface area contributed by atoms with Crippen LogP contribution in [0, 0.1) is 5.41 Å². The largest absolute Gasteiger partial charge is 0.352 e. The van der Waals surface area contributed by atoms with Gasteiger partial charge in [0.05, 0.1) is 0 Å².